The molecule has 4 nitrogen and oxygen atoms in total. The number of rotatable bonds is 11. The molecule has 43 heavy (non-hydrogen) atoms. The Morgan fingerprint density at radius 3 is 1.95 bits per heavy atom. The first kappa shape index (κ1) is 35.0. The molecule has 0 aliphatic heterocycles. The molecule has 1 aliphatic carbocycles. The molecule has 236 valence electrons. The molecule has 0 radical (unpaired) electrons. The van der Waals surface area contributed by atoms with E-state index in [0.717, 1.165) is 35.2 Å². The van der Waals surface area contributed by atoms with Crippen LogP contribution in [0.15, 0.2) is 85.0 Å². The summed E-state index contributed by atoms with van der Waals surface area (Å²) < 4.78 is 13.4. The maximum absolute atomic E-state index is 14.1. The number of aliphatic hydroxyl groups excluding tert-OH is 1. The lowest BCUT2D eigenvalue weighted by Crippen LogP contribution is -2.68. The number of ether oxygens (including phenoxy) is 1. The molecule has 2 aromatic rings. The van der Waals surface area contributed by atoms with Gasteiger partial charge in [-0.3, -0.25) is 0 Å². The van der Waals surface area contributed by atoms with Crippen LogP contribution in [0.25, 0.3) is 0 Å². The van der Waals surface area contributed by atoms with Crippen LogP contribution in [-0.4, -0.2) is 37.2 Å². The second-order valence-corrected chi connectivity index (χ2v) is 19.3. The van der Waals surface area contributed by atoms with Gasteiger partial charge in [0.15, 0.2) is 0 Å². The maximum atomic E-state index is 14.1. The summed E-state index contributed by atoms with van der Waals surface area (Å²) in [6.45, 7) is 27.5. The first-order chi connectivity index (χ1) is 19.9. The fourth-order valence-corrected chi connectivity index (χ4v) is 11.4. The molecule has 0 amide bonds. The Labute approximate surface area is 262 Å². The van der Waals surface area contributed by atoms with Crippen molar-refractivity contribution in [2.75, 3.05) is 0 Å². The van der Waals surface area contributed by atoms with Crippen LogP contribution in [-0.2, 0) is 14.0 Å². The van der Waals surface area contributed by atoms with Gasteiger partial charge in [0, 0.05) is 0 Å². The molecule has 5 heteroatoms. The fraction of sp³-hybridized carbons (Fsp3) is 0.553. The SMILES string of the molecule is C=C(C)[C@H](O)C[C@H]1CC[C@H](C)[C@@](C)(CC[C@H](O[Si](c2ccccc2)(c2ccccc2)C(C)(C)C)C(=O)OC(C)(C)C)C1=C. The van der Waals surface area contributed by atoms with Gasteiger partial charge in [0.25, 0.3) is 8.32 Å². The van der Waals surface area contributed by atoms with E-state index in [4.69, 9.17) is 9.16 Å². The first-order valence-corrected chi connectivity index (χ1v) is 17.9. The molecule has 0 saturated heterocycles. The Morgan fingerprint density at radius 2 is 1.51 bits per heavy atom. The van der Waals surface area contributed by atoms with Crippen molar-refractivity contribution in [1.29, 1.82) is 0 Å². The van der Waals surface area contributed by atoms with Crippen LogP contribution in [0.5, 0.6) is 0 Å². The molecule has 0 heterocycles. The minimum absolute atomic E-state index is 0.202. The van der Waals surface area contributed by atoms with Gasteiger partial charge in [-0.25, -0.2) is 4.79 Å². The van der Waals surface area contributed by atoms with Crippen molar-refractivity contribution >= 4 is 24.7 Å². The van der Waals surface area contributed by atoms with E-state index in [2.05, 4.69) is 96.3 Å². The molecular formula is C38H56O4Si. The largest absolute Gasteiger partial charge is 0.458 e. The van der Waals surface area contributed by atoms with Crippen LogP contribution in [0.3, 0.4) is 0 Å². The molecule has 0 spiro atoms. The number of carbonyl (C=O) groups is 1. The van der Waals surface area contributed by atoms with Crippen molar-refractivity contribution < 1.29 is 19.1 Å². The van der Waals surface area contributed by atoms with Gasteiger partial charge in [-0.1, -0.05) is 120 Å². The average Bonchev–Trinajstić information content (AvgIpc) is 2.93. The van der Waals surface area contributed by atoms with Crippen molar-refractivity contribution in [3.8, 4) is 0 Å². The van der Waals surface area contributed by atoms with Crippen LogP contribution in [0, 0.1) is 17.3 Å². The standard InChI is InChI=1S/C38H56O4Si/c1-27(2)33(39)26-30-23-22-28(3)38(11,29(30)4)25-24-34(35(40)41-36(5,6)7)42-43(37(8,9)10,31-18-14-12-15-19-31)32-20-16-13-17-21-32/h12-21,28,30,33-34,39H,1,4,22-26H2,2-3,5-11H3/t28-,30+,33+,34-,38+/m0/s1. The predicted octanol–water partition coefficient (Wildman–Crippen LogP) is 7.99. The molecule has 1 saturated carbocycles. The van der Waals surface area contributed by atoms with Gasteiger partial charge in [0.05, 0.1) is 6.10 Å². The topological polar surface area (TPSA) is 55.8 Å². The van der Waals surface area contributed by atoms with E-state index in [1.54, 1.807) is 0 Å². The number of esters is 1. The second kappa shape index (κ2) is 13.7. The molecule has 1 N–H and O–H groups in total. The zero-order valence-corrected chi connectivity index (χ0v) is 29.2. The van der Waals surface area contributed by atoms with Crippen molar-refractivity contribution in [2.45, 2.75) is 117 Å². The Kier molecular flexibility index (Phi) is 11.1. The third-order valence-electron chi connectivity index (χ3n) is 9.67. The molecule has 5 atom stereocenters. The van der Waals surface area contributed by atoms with Crippen LogP contribution >= 0.6 is 0 Å². The van der Waals surface area contributed by atoms with E-state index in [1.165, 1.54) is 5.57 Å². The summed E-state index contributed by atoms with van der Waals surface area (Å²) in [5.41, 5.74) is 1.11. The Morgan fingerprint density at radius 1 is 1.00 bits per heavy atom. The lowest BCUT2D eigenvalue weighted by Gasteiger charge is -2.48. The number of hydrogen-bond acceptors (Lipinski definition) is 4. The molecule has 3 rings (SSSR count). The molecule has 0 bridgehead atoms. The van der Waals surface area contributed by atoms with Crippen molar-refractivity contribution in [1.82, 2.24) is 0 Å². The molecule has 1 fully saturated rings. The summed E-state index contributed by atoms with van der Waals surface area (Å²) in [6.07, 6.45) is 2.69. The van der Waals surface area contributed by atoms with E-state index < -0.39 is 26.1 Å². The van der Waals surface area contributed by atoms with E-state index in [9.17, 15) is 9.90 Å². The van der Waals surface area contributed by atoms with Crippen molar-refractivity contribution in [3.63, 3.8) is 0 Å². The summed E-state index contributed by atoms with van der Waals surface area (Å²) in [5.74, 6) is 0.295. The van der Waals surface area contributed by atoms with Crippen molar-refractivity contribution in [3.05, 3.63) is 85.0 Å². The van der Waals surface area contributed by atoms with Gasteiger partial charge in [0.2, 0.25) is 0 Å². The molecule has 0 aromatic heterocycles. The lowest BCUT2D eigenvalue weighted by atomic mass is 9.59. The minimum Gasteiger partial charge on any atom is -0.458 e. The van der Waals surface area contributed by atoms with Crippen LogP contribution in [0.2, 0.25) is 5.04 Å². The second-order valence-electron chi connectivity index (χ2n) is 15.1. The zero-order chi connectivity index (χ0) is 32.2. The highest BCUT2D eigenvalue weighted by atomic mass is 28.4. The highest BCUT2D eigenvalue weighted by Crippen LogP contribution is 2.51. The van der Waals surface area contributed by atoms with E-state index in [-0.39, 0.29) is 22.3 Å². The summed E-state index contributed by atoms with van der Waals surface area (Å²) >= 11 is 0. The molecule has 0 unspecified atom stereocenters. The van der Waals surface area contributed by atoms with E-state index in [0.29, 0.717) is 18.8 Å². The molecule has 2 aromatic carbocycles. The van der Waals surface area contributed by atoms with Crippen molar-refractivity contribution in [2.24, 2.45) is 17.3 Å². The summed E-state index contributed by atoms with van der Waals surface area (Å²) in [6, 6.07) is 20.9. The van der Waals surface area contributed by atoms with E-state index >= 15 is 0 Å². The third kappa shape index (κ3) is 7.98. The van der Waals surface area contributed by atoms with Gasteiger partial charge in [-0.05, 0) is 92.5 Å². The summed E-state index contributed by atoms with van der Waals surface area (Å²) in [4.78, 5) is 14.1. The van der Waals surface area contributed by atoms with Gasteiger partial charge in [0.1, 0.15) is 11.7 Å². The highest BCUT2D eigenvalue weighted by molar-refractivity contribution is 6.99. The zero-order valence-electron chi connectivity index (χ0n) is 28.2. The Bertz CT molecular complexity index is 1200. The predicted molar refractivity (Wildman–Crippen MR) is 182 cm³/mol. The van der Waals surface area contributed by atoms with Gasteiger partial charge in [-0.15, -0.1) is 0 Å². The fourth-order valence-electron chi connectivity index (χ4n) is 6.79. The maximum Gasteiger partial charge on any atom is 0.334 e. The number of carbonyl (C=O) groups excluding carboxylic acids is 1. The average molecular weight is 605 g/mol. The number of aliphatic hydroxyl groups is 1. The quantitative estimate of drug-likeness (QED) is 0.160. The monoisotopic (exact) mass is 604 g/mol. The smallest absolute Gasteiger partial charge is 0.334 e. The van der Waals surface area contributed by atoms with Gasteiger partial charge in [-0.2, -0.15) is 0 Å². The summed E-state index contributed by atoms with van der Waals surface area (Å²) in [5, 5.41) is 12.6. The minimum atomic E-state index is -3.01. The van der Waals surface area contributed by atoms with Crippen LogP contribution in [0.1, 0.15) is 94.4 Å². The highest BCUT2D eigenvalue weighted by Gasteiger charge is 2.53. The van der Waals surface area contributed by atoms with Gasteiger partial charge < -0.3 is 14.3 Å². The molecular weight excluding hydrogens is 549 g/mol. The normalized spacial score (nSPS) is 23.0. The van der Waals surface area contributed by atoms with Crippen LogP contribution in [0.4, 0.5) is 0 Å². The van der Waals surface area contributed by atoms with Crippen LogP contribution < -0.4 is 10.4 Å². The van der Waals surface area contributed by atoms with Gasteiger partial charge >= 0.3 is 5.97 Å². The number of hydrogen-bond donors (Lipinski definition) is 1. The third-order valence-corrected chi connectivity index (χ3v) is 14.7. The first-order valence-electron chi connectivity index (χ1n) is 16.0. The number of allylic oxidation sites excluding steroid dienone is 1. The number of benzene rings is 2. The van der Waals surface area contributed by atoms with E-state index in [1.807, 2.05) is 39.8 Å². The molecule has 1 aliphatic rings. The lowest BCUT2D eigenvalue weighted by molar-refractivity contribution is -0.164. The summed E-state index contributed by atoms with van der Waals surface area (Å²) in [7, 11) is -3.01. The Balaban J connectivity index is 2.06. The Hall–Kier alpha value is -2.47.